The minimum Gasteiger partial charge on any atom is -0.393 e. The molecule has 2 rings (SSSR count). The minimum atomic E-state index is -5.72. The normalized spacial score (nSPS) is 27.5. The van der Waals surface area contributed by atoms with Gasteiger partial charge in [-0.2, -0.15) is 8.62 Å². The number of nitrogens with two attached hydrogens (primary N) is 1. The fraction of sp³-hybridized carbons (Fsp3) is 0.500. The van der Waals surface area contributed by atoms with Gasteiger partial charge in [-0.15, -0.1) is 6.58 Å². The van der Waals surface area contributed by atoms with Crippen LogP contribution in [0.1, 0.15) is 12.8 Å². The lowest BCUT2D eigenvalue weighted by molar-refractivity contribution is -0.116. The Kier molecular flexibility index (Phi) is 7.89. The lowest BCUT2D eigenvalue weighted by atomic mass is 10.0. The fourth-order valence-electron chi connectivity index (χ4n) is 2.88. The quantitative estimate of drug-likeness (QED) is 0.141. The van der Waals surface area contributed by atoms with Crippen molar-refractivity contribution in [1.29, 1.82) is 0 Å². The number of aromatic amines is 1. The molecular formula is C12H20N3O14P3. The van der Waals surface area contributed by atoms with Crippen LogP contribution in [0.25, 0.3) is 0 Å². The molecule has 2 heterocycles. The number of phosphoric ester groups is 1. The van der Waals surface area contributed by atoms with Crippen molar-refractivity contribution in [2.45, 2.75) is 30.8 Å². The van der Waals surface area contributed by atoms with Gasteiger partial charge in [-0.25, -0.2) is 18.5 Å². The first-order valence-electron chi connectivity index (χ1n) is 8.36. The van der Waals surface area contributed by atoms with Crippen molar-refractivity contribution in [2.75, 3.05) is 12.3 Å². The molecule has 1 fully saturated rings. The van der Waals surface area contributed by atoms with Crippen LogP contribution in [-0.2, 0) is 37.3 Å². The van der Waals surface area contributed by atoms with E-state index in [9.17, 15) is 33.3 Å². The van der Waals surface area contributed by atoms with Gasteiger partial charge in [-0.05, 0) is 0 Å². The van der Waals surface area contributed by atoms with Gasteiger partial charge in [0, 0.05) is 19.0 Å². The Morgan fingerprint density at radius 3 is 2.44 bits per heavy atom. The molecule has 0 spiro atoms. The zero-order valence-electron chi connectivity index (χ0n) is 15.9. The minimum absolute atomic E-state index is 0.0960. The van der Waals surface area contributed by atoms with Gasteiger partial charge < -0.3 is 35.2 Å². The summed E-state index contributed by atoms with van der Waals surface area (Å²) in [6.45, 7) is 2.57. The topological polar surface area (TPSA) is 270 Å². The molecule has 182 valence electrons. The van der Waals surface area contributed by atoms with Crippen LogP contribution in [0.2, 0.25) is 0 Å². The van der Waals surface area contributed by atoms with E-state index in [4.69, 9.17) is 25.2 Å². The number of hydrogen-bond donors (Lipinski definition) is 7. The first-order chi connectivity index (χ1) is 14.5. The summed E-state index contributed by atoms with van der Waals surface area (Å²) in [6, 6.07) is 0. The molecule has 1 aromatic heterocycles. The molecule has 0 amide bonds. The van der Waals surface area contributed by atoms with Gasteiger partial charge in [-0.3, -0.25) is 18.9 Å². The Balaban J connectivity index is 2.20. The van der Waals surface area contributed by atoms with Crippen LogP contribution >= 0.6 is 23.5 Å². The van der Waals surface area contributed by atoms with E-state index in [-0.39, 0.29) is 18.5 Å². The Morgan fingerprint density at radius 2 is 1.88 bits per heavy atom. The van der Waals surface area contributed by atoms with Crippen molar-refractivity contribution >= 4 is 29.2 Å². The molecule has 0 radical (unpaired) electrons. The van der Waals surface area contributed by atoms with Crippen LogP contribution in [0.5, 0.6) is 0 Å². The highest BCUT2D eigenvalue weighted by molar-refractivity contribution is 7.66. The van der Waals surface area contributed by atoms with Gasteiger partial charge in [0.05, 0.1) is 12.7 Å². The summed E-state index contributed by atoms with van der Waals surface area (Å²) in [4.78, 5) is 61.4. The van der Waals surface area contributed by atoms with E-state index >= 15 is 0 Å². The number of H-pyrrole nitrogens is 1. The summed E-state index contributed by atoms with van der Waals surface area (Å²) in [5.41, 5.74) is 1.74. The molecule has 1 aliphatic rings. The molecule has 17 nitrogen and oxygen atoms in total. The van der Waals surface area contributed by atoms with E-state index in [0.717, 1.165) is 10.8 Å². The van der Waals surface area contributed by atoms with Gasteiger partial charge in [0.2, 0.25) is 0 Å². The molecular weight excluding hydrogens is 503 g/mol. The average Bonchev–Trinajstić information content (AvgIpc) is 2.90. The molecule has 0 aliphatic carbocycles. The number of nitrogen functional groups attached to an aromatic ring is 1. The Morgan fingerprint density at radius 1 is 1.25 bits per heavy atom. The largest absolute Gasteiger partial charge is 0.490 e. The number of rotatable bonds is 10. The maximum absolute atomic E-state index is 12.2. The molecule has 2 unspecified atom stereocenters. The van der Waals surface area contributed by atoms with Crippen LogP contribution in [0.4, 0.5) is 5.69 Å². The fourth-order valence-corrected chi connectivity index (χ4v) is 5.91. The third-order valence-electron chi connectivity index (χ3n) is 4.02. The van der Waals surface area contributed by atoms with Crippen LogP contribution in [0, 0.1) is 0 Å². The van der Waals surface area contributed by atoms with E-state index in [1.165, 1.54) is 6.08 Å². The van der Waals surface area contributed by atoms with E-state index in [1.807, 2.05) is 4.98 Å². The SMILES string of the molecule is C=CC[C@]1(n2cc(N)c(=O)[nH]c2=O)C[C@H](O)[C@@H](COP(=O)(O)OP(=O)(O)OP(=O)(O)O)O1. The number of nitrogens with one attached hydrogen (secondary N) is 1. The molecule has 5 atom stereocenters. The number of aromatic nitrogens is 2. The monoisotopic (exact) mass is 523 g/mol. The maximum atomic E-state index is 12.2. The number of hydrogen-bond acceptors (Lipinski definition) is 11. The van der Waals surface area contributed by atoms with Crippen molar-refractivity contribution in [1.82, 2.24) is 9.55 Å². The van der Waals surface area contributed by atoms with E-state index in [2.05, 4.69) is 19.7 Å². The van der Waals surface area contributed by atoms with Crippen molar-refractivity contribution in [3.05, 3.63) is 39.7 Å². The molecule has 0 saturated carbocycles. The number of nitrogens with zero attached hydrogens (tertiary/aromatic N) is 1. The Labute approximate surface area is 178 Å². The van der Waals surface area contributed by atoms with E-state index in [0.29, 0.717) is 0 Å². The van der Waals surface area contributed by atoms with Gasteiger partial charge in [0.15, 0.2) is 5.72 Å². The zero-order chi connectivity index (χ0) is 24.5. The summed E-state index contributed by atoms with van der Waals surface area (Å²) in [6.07, 6.45) is -0.939. The standard InChI is InChI=1S/C12H20N3O14P3/c1-2-3-12(15-5-7(13)10(17)14-11(15)18)4-8(16)9(27-12)6-26-31(22,23)29-32(24,25)28-30(19,20)21/h2,5,8-9,16H,1,3-4,6,13H2,(H,22,23)(H,24,25)(H,14,17,18)(H2,19,20,21)/t8-,9+,12+/m0/s1. The highest BCUT2D eigenvalue weighted by atomic mass is 31.3. The predicted molar refractivity (Wildman–Crippen MR) is 104 cm³/mol. The van der Waals surface area contributed by atoms with E-state index < -0.39 is 59.3 Å². The molecule has 1 saturated heterocycles. The molecule has 32 heavy (non-hydrogen) atoms. The Bertz CT molecular complexity index is 1130. The van der Waals surface area contributed by atoms with Gasteiger partial charge in [-0.1, -0.05) is 6.08 Å². The maximum Gasteiger partial charge on any atom is 0.490 e. The number of aliphatic hydroxyl groups is 1. The highest BCUT2D eigenvalue weighted by Gasteiger charge is 2.49. The number of anilines is 1. The summed E-state index contributed by atoms with van der Waals surface area (Å²) >= 11 is 0. The first kappa shape index (κ1) is 26.8. The molecule has 0 bridgehead atoms. The zero-order valence-corrected chi connectivity index (χ0v) is 18.6. The second-order valence-corrected chi connectivity index (χ2v) is 10.9. The summed E-state index contributed by atoms with van der Waals surface area (Å²) in [5.74, 6) is 0. The second-order valence-electron chi connectivity index (χ2n) is 6.47. The highest BCUT2D eigenvalue weighted by Crippen LogP contribution is 2.66. The van der Waals surface area contributed by atoms with Crippen LogP contribution in [-0.4, -0.2) is 53.0 Å². The predicted octanol–water partition coefficient (Wildman–Crippen LogP) is -1.16. The molecule has 0 aromatic carbocycles. The van der Waals surface area contributed by atoms with Crippen LogP contribution in [0.3, 0.4) is 0 Å². The third kappa shape index (κ3) is 6.78. The van der Waals surface area contributed by atoms with Crippen molar-refractivity contribution in [2.24, 2.45) is 0 Å². The average molecular weight is 523 g/mol. The third-order valence-corrected chi connectivity index (χ3v) is 7.82. The smallest absolute Gasteiger partial charge is 0.393 e. The lowest BCUT2D eigenvalue weighted by Crippen LogP contribution is -2.44. The van der Waals surface area contributed by atoms with Crippen molar-refractivity contribution < 1.29 is 56.3 Å². The molecule has 8 N–H and O–H groups in total. The van der Waals surface area contributed by atoms with Crippen molar-refractivity contribution in [3.8, 4) is 0 Å². The van der Waals surface area contributed by atoms with Gasteiger partial charge >= 0.3 is 29.2 Å². The molecule has 20 heteroatoms. The van der Waals surface area contributed by atoms with Crippen LogP contribution in [0.15, 0.2) is 28.4 Å². The number of ether oxygens (including phenoxy) is 1. The summed E-state index contributed by atoms with van der Waals surface area (Å²) < 4.78 is 52.0. The van der Waals surface area contributed by atoms with Crippen molar-refractivity contribution in [3.63, 3.8) is 0 Å². The summed E-state index contributed by atoms with van der Waals surface area (Å²) in [7, 11) is -16.7. The van der Waals surface area contributed by atoms with E-state index in [1.54, 1.807) is 0 Å². The van der Waals surface area contributed by atoms with Crippen LogP contribution < -0.4 is 17.0 Å². The number of aliphatic hydroxyl groups excluding tert-OH is 1. The Hall–Kier alpha value is -1.45. The second kappa shape index (κ2) is 9.43. The lowest BCUT2D eigenvalue weighted by Gasteiger charge is -2.30. The van der Waals surface area contributed by atoms with Gasteiger partial charge in [0.1, 0.15) is 11.8 Å². The molecule has 1 aromatic rings. The summed E-state index contributed by atoms with van der Waals surface area (Å²) in [5, 5.41) is 10.3. The number of phosphoric acid groups is 3. The first-order valence-corrected chi connectivity index (χ1v) is 12.9. The van der Waals surface area contributed by atoms with Gasteiger partial charge in [0.25, 0.3) is 5.56 Å². The molecule has 1 aliphatic heterocycles.